The highest BCUT2D eigenvalue weighted by molar-refractivity contribution is 5.76. The van der Waals surface area contributed by atoms with Gasteiger partial charge in [-0.2, -0.15) is 0 Å². The third kappa shape index (κ3) is 59.6. The molecular formula is C68H131NO5. The largest absolute Gasteiger partial charge is 0.466 e. The summed E-state index contributed by atoms with van der Waals surface area (Å²) < 4.78 is 5.51. The number of unbranched alkanes of at least 4 members (excludes halogenated alkanes) is 50. The number of hydrogen-bond acceptors (Lipinski definition) is 5. The molecule has 0 aromatic carbocycles. The molecule has 0 aromatic heterocycles. The number of esters is 1. The second-order valence-corrected chi connectivity index (χ2v) is 23.2. The molecule has 0 saturated carbocycles. The number of rotatable bonds is 63. The fourth-order valence-electron chi connectivity index (χ4n) is 10.6. The Morgan fingerprint density at radius 2 is 0.635 bits per heavy atom. The minimum absolute atomic E-state index is 0.0129. The Bertz CT molecular complexity index is 1150. The number of amides is 1. The zero-order chi connectivity index (χ0) is 53.6. The van der Waals surface area contributed by atoms with Crippen molar-refractivity contribution in [2.75, 3.05) is 13.2 Å². The lowest BCUT2D eigenvalue weighted by Crippen LogP contribution is -2.45. The summed E-state index contributed by atoms with van der Waals surface area (Å²) in [5.74, 6) is -0.0527. The van der Waals surface area contributed by atoms with Crippen molar-refractivity contribution in [1.82, 2.24) is 5.32 Å². The molecule has 0 spiro atoms. The van der Waals surface area contributed by atoms with Crippen molar-refractivity contribution in [1.29, 1.82) is 0 Å². The lowest BCUT2D eigenvalue weighted by molar-refractivity contribution is -0.143. The van der Waals surface area contributed by atoms with E-state index in [2.05, 4.69) is 31.3 Å². The lowest BCUT2D eigenvalue weighted by Gasteiger charge is -2.20. The van der Waals surface area contributed by atoms with E-state index < -0.39 is 12.1 Å². The Morgan fingerprint density at radius 1 is 0.365 bits per heavy atom. The van der Waals surface area contributed by atoms with Crippen LogP contribution in [0.4, 0.5) is 0 Å². The molecule has 74 heavy (non-hydrogen) atoms. The van der Waals surface area contributed by atoms with Crippen molar-refractivity contribution in [3.05, 3.63) is 24.3 Å². The number of aliphatic hydroxyl groups is 2. The third-order valence-electron chi connectivity index (χ3n) is 15.7. The molecule has 0 aliphatic rings. The molecule has 0 aromatic rings. The van der Waals surface area contributed by atoms with E-state index in [1.54, 1.807) is 6.08 Å². The summed E-state index contributed by atoms with van der Waals surface area (Å²) in [5.41, 5.74) is 0. The topological polar surface area (TPSA) is 95.9 Å². The summed E-state index contributed by atoms with van der Waals surface area (Å²) in [4.78, 5) is 24.6. The van der Waals surface area contributed by atoms with Gasteiger partial charge in [0.2, 0.25) is 5.91 Å². The number of carbonyl (C=O) groups is 2. The molecule has 1 amide bonds. The normalized spacial score (nSPS) is 12.6. The van der Waals surface area contributed by atoms with Gasteiger partial charge in [-0.25, -0.2) is 0 Å². The lowest BCUT2D eigenvalue weighted by atomic mass is 10.0. The summed E-state index contributed by atoms with van der Waals surface area (Å²) in [6, 6.07) is -0.628. The average Bonchev–Trinajstić information content (AvgIpc) is 3.40. The van der Waals surface area contributed by atoms with Crippen LogP contribution in [0, 0.1) is 0 Å². The highest BCUT2D eigenvalue weighted by atomic mass is 16.5. The summed E-state index contributed by atoms with van der Waals surface area (Å²) in [7, 11) is 0. The number of carbonyl (C=O) groups excluding carboxylic acids is 2. The van der Waals surface area contributed by atoms with Crippen LogP contribution < -0.4 is 5.32 Å². The molecule has 0 fully saturated rings. The van der Waals surface area contributed by atoms with Crippen LogP contribution in [0.2, 0.25) is 0 Å². The maximum absolute atomic E-state index is 12.5. The molecular weight excluding hydrogens is 911 g/mol. The molecule has 3 N–H and O–H groups in total. The highest BCUT2D eigenvalue weighted by Gasteiger charge is 2.18. The SMILES string of the molecule is CCCCCCCC/C=C\CCCCCCCCCCCC(=O)OCCCCCCCCCCCCCCCCCCCCCCCCC(=O)NC(CO)C(O)/C=C/CCCCCCCCCCCCCCCC. The second-order valence-electron chi connectivity index (χ2n) is 23.2. The molecule has 2 unspecified atom stereocenters. The number of allylic oxidation sites excluding steroid dienone is 3. The van der Waals surface area contributed by atoms with Crippen LogP contribution in [0.25, 0.3) is 0 Å². The van der Waals surface area contributed by atoms with Crippen molar-refractivity contribution < 1.29 is 24.5 Å². The van der Waals surface area contributed by atoms with E-state index in [0.29, 0.717) is 19.4 Å². The minimum Gasteiger partial charge on any atom is -0.466 e. The Kier molecular flexibility index (Phi) is 62.4. The fraction of sp³-hybridized carbons (Fsp3) is 0.912. The average molecular weight is 1040 g/mol. The third-order valence-corrected chi connectivity index (χ3v) is 15.7. The molecule has 0 aliphatic heterocycles. The quantitative estimate of drug-likeness (QED) is 0.0320. The van der Waals surface area contributed by atoms with Crippen molar-refractivity contribution in [3.8, 4) is 0 Å². The molecule has 0 radical (unpaired) electrons. The van der Waals surface area contributed by atoms with Gasteiger partial charge in [-0.15, -0.1) is 0 Å². The molecule has 0 aliphatic carbocycles. The van der Waals surface area contributed by atoms with Crippen LogP contribution in [-0.2, 0) is 14.3 Å². The molecule has 438 valence electrons. The number of aliphatic hydroxyl groups excluding tert-OH is 2. The standard InChI is InChI=1S/C68H131NO5/c1-3-5-7-9-11-13-15-17-19-21-26-30-34-38-42-46-50-54-58-62-68(73)74-63-59-55-51-47-43-39-35-31-28-25-23-22-24-27-29-33-37-41-45-49-53-57-61-67(72)69-65(64-70)66(71)60-56-52-48-44-40-36-32-20-18-16-14-12-10-8-6-4-2/h17,19,56,60,65-66,70-71H,3-16,18,20-55,57-59,61-64H2,1-2H3,(H,69,72)/b19-17-,60-56+. The molecule has 0 rings (SSSR count). The Morgan fingerprint density at radius 3 is 0.959 bits per heavy atom. The maximum atomic E-state index is 12.5. The number of ether oxygens (including phenoxy) is 1. The van der Waals surface area contributed by atoms with Crippen LogP contribution in [0.15, 0.2) is 24.3 Å². The molecule has 0 bridgehead atoms. The van der Waals surface area contributed by atoms with Gasteiger partial charge in [0.1, 0.15) is 0 Å². The minimum atomic E-state index is -0.844. The van der Waals surface area contributed by atoms with Crippen LogP contribution >= 0.6 is 0 Å². The molecule has 0 heterocycles. The molecule has 2 atom stereocenters. The summed E-state index contributed by atoms with van der Waals surface area (Å²) in [5, 5.41) is 23.2. The van der Waals surface area contributed by atoms with Gasteiger partial charge >= 0.3 is 5.97 Å². The molecule has 6 nitrogen and oxygen atoms in total. The zero-order valence-electron chi connectivity index (χ0n) is 50.1. The van der Waals surface area contributed by atoms with Gasteiger partial charge in [0.25, 0.3) is 0 Å². The fourth-order valence-corrected chi connectivity index (χ4v) is 10.6. The predicted octanol–water partition coefficient (Wildman–Crippen LogP) is 21.4. The zero-order valence-corrected chi connectivity index (χ0v) is 50.1. The summed E-state index contributed by atoms with van der Waals surface area (Å²) in [6.45, 7) is 4.93. The Balaban J connectivity index is 3.38. The van der Waals surface area contributed by atoms with E-state index in [4.69, 9.17) is 4.74 Å². The number of nitrogens with one attached hydrogen (secondary N) is 1. The van der Waals surface area contributed by atoms with Gasteiger partial charge < -0.3 is 20.3 Å². The van der Waals surface area contributed by atoms with Gasteiger partial charge in [-0.05, 0) is 57.8 Å². The first-order chi connectivity index (χ1) is 36.5. The Hall–Kier alpha value is -1.66. The van der Waals surface area contributed by atoms with E-state index in [-0.39, 0.29) is 18.5 Å². The maximum Gasteiger partial charge on any atom is 0.305 e. The first-order valence-corrected chi connectivity index (χ1v) is 33.6. The van der Waals surface area contributed by atoms with Crippen LogP contribution in [0.1, 0.15) is 373 Å². The summed E-state index contributed by atoms with van der Waals surface area (Å²) >= 11 is 0. The van der Waals surface area contributed by atoms with Gasteiger partial charge in [0.05, 0.1) is 25.4 Å². The van der Waals surface area contributed by atoms with Crippen molar-refractivity contribution in [3.63, 3.8) is 0 Å². The van der Waals surface area contributed by atoms with E-state index in [1.165, 1.54) is 302 Å². The highest BCUT2D eigenvalue weighted by Crippen LogP contribution is 2.18. The van der Waals surface area contributed by atoms with Crippen molar-refractivity contribution >= 4 is 11.9 Å². The molecule has 0 saturated heterocycles. The van der Waals surface area contributed by atoms with E-state index in [1.807, 2.05) is 6.08 Å². The van der Waals surface area contributed by atoms with E-state index in [0.717, 1.165) is 44.9 Å². The van der Waals surface area contributed by atoms with Crippen molar-refractivity contribution in [2.24, 2.45) is 0 Å². The van der Waals surface area contributed by atoms with Gasteiger partial charge in [0.15, 0.2) is 0 Å². The van der Waals surface area contributed by atoms with Crippen molar-refractivity contribution in [2.45, 2.75) is 386 Å². The Labute approximate surface area is 462 Å². The monoisotopic (exact) mass is 1040 g/mol. The first-order valence-electron chi connectivity index (χ1n) is 33.6. The van der Waals surface area contributed by atoms with Crippen LogP contribution in [0.3, 0.4) is 0 Å². The van der Waals surface area contributed by atoms with Crippen LogP contribution in [0.5, 0.6) is 0 Å². The van der Waals surface area contributed by atoms with Gasteiger partial charge in [0, 0.05) is 12.8 Å². The second kappa shape index (κ2) is 63.9. The van der Waals surface area contributed by atoms with E-state index >= 15 is 0 Å². The van der Waals surface area contributed by atoms with E-state index in [9.17, 15) is 19.8 Å². The summed E-state index contributed by atoms with van der Waals surface area (Å²) in [6.07, 6.45) is 79.5. The molecule has 6 heteroatoms. The van der Waals surface area contributed by atoms with Gasteiger partial charge in [-0.3, -0.25) is 9.59 Å². The van der Waals surface area contributed by atoms with Gasteiger partial charge in [-0.1, -0.05) is 327 Å². The number of hydrogen-bond donors (Lipinski definition) is 3. The first kappa shape index (κ1) is 72.3. The smallest absolute Gasteiger partial charge is 0.305 e. The predicted molar refractivity (Wildman–Crippen MR) is 324 cm³/mol. The van der Waals surface area contributed by atoms with Crippen LogP contribution in [-0.4, -0.2) is 47.4 Å².